The van der Waals surface area contributed by atoms with E-state index in [0.717, 1.165) is 25.9 Å². The summed E-state index contributed by atoms with van der Waals surface area (Å²) in [6.45, 7) is 2.55. The summed E-state index contributed by atoms with van der Waals surface area (Å²) in [5.41, 5.74) is -0.693. The van der Waals surface area contributed by atoms with Crippen molar-refractivity contribution in [1.29, 1.82) is 0 Å². The zero-order valence-electron chi connectivity index (χ0n) is 7.88. The molecule has 1 aromatic rings. The molecule has 3 N–H and O–H groups in total. The van der Waals surface area contributed by atoms with Crippen molar-refractivity contribution in [2.75, 3.05) is 13.1 Å². The molecule has 1 saturated heterocycles. The van der Waals surface area contributed by atoms with E-state index < -0.39 is 0 Å². The maximum absolute atomic E-state index is 11.1. The third-order valence-corrected chi connectivity index (χ3v) is 2.69. The molecule has 6 nitrogen and oxygen atoms in total. The SMILES string of the molecule is O=c1[nH][nH]c(=O)n1CCC1CCNC1. The lowest BCUT2D eigenvalue weighted by Crippen LogP contribution is -2.27. The molecule has 0 bridgehead atoms. The quantitative estimate of drug-likeness (QED) is 0.574. The predicted octanol–water partition coefficient (Wildman–Crippen LogP) is -1.14. The molecule has 78 valence electrons. The van der Waals surface area contributed by atoms with Crippen LogP contribution in [0.2, 0.25) is 0 Å². The summed E-state index contributed by atoms with van der Waals surface area (Å²) in [7, 11) is 0. The Bertz CT molecular complexity index is 368. The van der Waals surface area contributed by atoms with E-state index in [9.17, 15) is 9.59 Å². The van der Waals surface area contributed by atoms with Gasteiger partial charge in [0.15, 0.2) is 0 Å². The Morgan fingerprint density at radius 3 is 2.57 bits per heavy atom. The molecule has 0 radical (unpaired) electrons. The minimum absolute atomic E-state index is 0.346. The highest BCUT2D eigenvalue weighted by atomic mass is 16.2. The second-order valence-corrected chi connectivity index (χ2v) is 3.66. The van der Waals surface area contributed by atoms with E-state index in [4.69, 9.17) is 0 Å². The minimum Gasteiger partial charge on any atom is -0.316 e. The highest BCUT2D eigenvalue weighted by Gasteiger charge is 2.15. The van der Waals surface area contributed by atoms with Crippen LogP contribution >= 0.6 is 0 Å². The van der Waals surface area contributed by atoms with Crippen LogP contribution < -0.4 is 16.7 Å². The molecule has 6 heteroatoms. The molecule has 2 heterocycles. The van der Waals surface area contributed by atoms with Crippen molar-refractivity contribution in [3.05, 3.63) is 21.0 Å². The van der Waals surface area contributed by atoms with Gasteiger partial charge in [0.05, 0.1) is 0 Å². The van der Waals surface area contributed by atoms with Gasteiger partial charge in [-0.15, -0.1) is 0 Å². The smallest absolute Gasteiger partial charge is 0.316 e. The summed E-state index contributed by atoms with van der Waals surface area (Å²) in [6, 6.07) is 0. The van der Waals surface area contributed by atoms with Crippen molar-refractivity contribution in [1.82, 2.24) is 20.1 Å². The van der Waals surface area contributed by atoms with Crippen LogP contribution in [-0.4, -0.2) is 27.9 Å². The van der Waals surface area contributed by atoms with Crippen molar-refractivity contribution in [3.63, 3.8) is 0 Å². The van der Waals surface area contributed by atoms with Crippen LogP contribution in [0.25, 0.3) is 0 Å². The molecule has 1 unspecified atom stereocenters. The number of rotatable bonds is 3. The van der Waals surface area contributed by atoms with E-state index in [1.54, 1.807) is 0 Å². The third kappa shape index (κ3) is 1.79. The van der Waals surface area contributed by atoms with Gasteiger partial charge in [0.1, 0.15) is 0 Å². The molecule has 0 amide bonds. The number of hydrogen-bond donors (Lipinski definition) is 3. The third-order valence-electron chi connectivity index (χ3n) is 2.69. The lowest BCUT2D eigenvalue weighted by molar-refractivity contribution is 0.469. The molecule has 0 aliphatic carbocycles. The fourth-order valence-corrected chi connectivity index (χ4v) is 1.81. The molecular formula is C8H14N4O2. The number of aromatic amines is 2. The maximum atomic E-state index is 11.1. The Morgan fingerprint density at radius 1 is 1.29 bits per heavy atom. The Hall–Kier alpha value is -1.30. The summed E-state index contributed by atoms with van der Waals surface area (Å²) >= 11 is 0. The van der Waals surface area contributed by atoms with Crippen LogP contribution in [-0.2, 0) is 6.54 Å². The van der Waals surface area contributed by atoms with Gasteiger partial charge in [-0.25, -0.2) is 24.4 Å². The molecule has 0 aromatic carbocycles. The van der Waals surface area contributed by atoms with Crippen molar-refractivity contribution in [2.24, 2.45) is 5.92 Å². The summed E-state index contributed by atoms with van der Waals surface area (Å²) < 4.78 is 1.21. The van der Waals surface area contributed by atoms with Crippen molar-refractivity contribution in [3.8, 4) is 0 Å². The van der Waals surface area contributed by atoms with Crippen molar-refractivity contribution < 1.29 is 0 Å². The van der Waals surface area contributed by atoms with Crippen LogP contribution in [0.4, 0.5) is 0 Å². The van der Waals surface area contributed by atoms with Crippen LogP contribution in [0.5, 0.6) is 0 Å². The second-order valence-electron chi connectivity index (χ2n) is 3.66. The fraction of sp³-hybridized carbons (Fsp3) is 0.750. The van der Waals surface area contributed by atoms with E-state index in [0.29, 0.717) is 12.5 Å². The lowest BCUT2D eigenvalue weighted by atomic mass is 10.1. The molecule has 14 heavy (non-hydrogen) atoms. The zero-order valence-corrected chi connectivity index (χ0v) is 7.88. The lowest BCUT2D eigenvalue weighted by Gasteiger charge is -2.06. The largest absolute Gasteiger partial charge is 0.344 e. The number of nitrogens with one attached hydrogen (secondary N) is 3. The highest BCUT2D eigenvalue weighted by molar-refractivity contribution is 4.73. The number of nitrogens with zero attached hydrogens (tertiary/aromatic N) is 1. The standard InChI is InChI=1S/C8H14N4O2/c13-7-10-11-8(14)12(7)4-2-6-1-3-9-5-6/h6,9H,1-5H2,(H,10,13)(H,11,14). The fourth-order valence-electron chi connectivity index (χ4n) is 1.81. The topological polar surface area (TPSA) is 82.7 Å². The number of hydrogen-bond acceptors (Lipinski definition) is 3. The molecule has 2 rings (SSSR count). The van der Waals surface area contributed by atoms with Gasteiger partial charge in [0.25, 0.3) is 0 Å². The zero-order chi connectivity index (χ0) is 9.97. The Morgan fingerprint density at radius 2 is 2.00 bits per heavy atom. The van der Waals surface area contributed by atoms with Gasteiger partial charge < -0.3 is 5.32 Å². The Balaban J connectivity index is 1.97. The first-order chi connectivity index (χ1) is 6.77. The first-order valence-corrected chi connectivity index (χ1v) is 4.85. The van der Waals surface area contributed by atoms with Gasteiger partial charge in [-0.2, -0.15) is 0 Å². The maximum Gasteiger partial charge on any atom is 0.344 e. The van der Waals surface area contributed by atoms with E-state index in [1.807, 2.05) is 0 Å². The normalized spacial score (nSPS) is 21.6. The van der Waals surface area contributed by atoms with E-state index >= 15 is 0 Å². The summed E-state index contributed by atoms with van der Waals surface area (Å²) in [5.74, 6) is 0.594. The monoisotopic (exact) mass is 198 g/mol. The summed E-state index contributed by atoms with van der Waals surface area (Å²) in [4.78, 5) is 22.2. The van der Waals surface area contributed by atoms with Gasteiger partial charge >= 0.3 is 11.4 Å². The van der Waals surface area contributed by atoms with Crippen LogP contribution in [0.1, 0.15) is 12.8 Å². The second kappa shape index (κ2) is 3.83. The molecule has 1 aliphatic rings. The van der Waals surface area contributed by atoms with Crippen LogP contribution in [0.3, 0.4) is 0 Å². The first kappa shape index (κ1) is 9.26. The first-order valence-electron chi connectivity index (χ1n) is 4.85. The van der Waals surface area contributed by atoms with Crippen LogP contribution in [0, 0.1) is 5.92 Å². The van der Waals surface area contributed by atoms with Gasteiger partial charge in [-0.3, -0.25) is 0 Å². The Kier molecular flexibility index (Phi) is 2.53. The highest BCUT2D eigenvalue weighted by Crippen LogP contribution is 2.11. The molecule has 0 saturated carbocycles. The summed E-state index contributed by atoms with van der Waals surface area (Å²) in [5, 5.41) is 7.78. The van der Waals surface area contributed by atoms with Gasteiger partial charge in [-0.05, 0) is 31.8 Å². The average molecular weight is 198 g/mol. The Labute approximate surface area is 80.3 Å². The van der Waals surface area contributed by atoms with Crippen molar-refractivity contribution in [2.45, 2.75) is 19.4 Å². The molecular weight excluding hydrogens is 184 g/mol. The molecule has 1 aliphatic heterocycles. The van der Waals surface area contributed by atoms with E-state index in [2.05, 4.69) is 15.5 Å². The minimum atomic E-state index is -0.346. The molecule has 0 spiro atoms. The number of H-pyrrole nitrogens is 2. The van der Waals surface area contributed by atoms with Crippen molar-refractivity contribution >= 4 is 0 Å². The van der Waals surface area contributed by atoms with E-state index in [1.165, 1.54) is 4.57 Å². The number of aromatic nitrogens is 3. The summed E-state index contributed by atoms with van der Waals surface area (Å²) in [6.07, 6.45) is 2.02. The van der Waals surface area contributed by atoms with Gasteiger partial charge in [0.2, 0.25) is 0 Å². The van der Waals surface area contributed by atoms with E-state index in [-0.39, 0.29) is 11.4 Å². The molecule has 1 fully saturated rings. The van der Waals surface area contributed by atoms with Gasteiger partial charge in [0, 0.05) is 6.54 Å². The van der Waals surface area contributed by atoms with Crippen LogP contribution in [0.15, 0.2) is 9.59 Å². The van der Waals surface area contributed by atoms with Gasteiger partial charge in [-0.1, -0.05) is 0 Å². The predicted molar refractivity (Wildman–Crippen MR) is 51.3 cm³/mol. The molecule has 1 atom stereocenters. The molecule has 1 aromatic heterocycles. The average Bonchev–Trinajstić information content (AvgIpc) is 2.76.